The summed E-state index contributed by atoms with van der Waals surface area (Å²) in [6.07, 6.45) is 0.0680. The van der Waals surface area contributed by atoms with Crippen LogP contribution in [0.25, 0.3) is 0 Å². The molecule has 0 aliphatic carbocycles. The average molecular weight is 375 g/mol. The minimum Gasteiger partial charge on any atom is -0.491 e. The first-order valence-electron chi connectivity index (χ1n) is 8.45. The fourth-order valence-corrected chi connectivity index (χ4v) is 2.72. The molecule has 0 heterocycles. The molecule has 0 aliphatic heterocycles. The summed E-state index contributed by atoms with van der Waals surface area (Å²) in [6.45, 7) is 5.60. The Hall–Kier alpha value is -2.53. The van der Waals surface area contributed by atoms with Crippen LogP contribution in [0.4, 0.5) is 0 Å². The minimum atomic E-state index is -0.318. The number of hydrogen-bond acceptors (Lipinski definition) is 3. The number of carbonyl (C=O) groups is 2. The molecule has 1 unspecified atom stereocenters. The van der Waals surface area contributed by atoms with Gasteiger partial charge in [-0.3, -0.25) is 9.59 Å². The smallest absolute Gasteiger partial charge is 0.251 e. The van der Waals surface area contributed by atoms with E-state index in [0.717, 1.165) is 5.56 Å². The molecule has 138 valence electrons. The van der Waals surface area contributed by atoms with Crippen LogP contribution < -0.4 is 15.4 Å². The van der Waals surface area contributed by atoms with Gasteiger partial charge in [0.05, 0.1) is 18.7 Å². The molecule has 0 saturated carbocycles. The third kappa shape index (κ3) is 5.77. The van der Waals surface area contributed by atoms with Crippen LogP contribution in [0.15, 0.2) is 48.5 Å². The molecule has 0 aromatic heterocycles. The van der Waals surface area contributed by atoms with Crippen LogP contribution in [-0.4, -0.2) is 24.5 Å². The molecule has 5 nitrogen and oxygen atoms in total. The van der Waals surface area contributed by atoms with Gasteiger partial charge in [0.25, 0.3) is 5.91 Å². The van der Waals surface area contributed by atoms with Gasteiger partial charge in [0.15, 0.2) is 0 Å². The predicted octanol–water partition coefficient (Wildman–Crippen LogP) is 3.73. The quantitative estimate of drug-likeness (QED) is 0.775. The van der Waals surface area contributed by atoms with E-state index in [-0.39, 0.29) is 30.5 Å². The van der Waals surface area contributed by atoms with Crippen LogP contribution in [-0.2, 0) is 4.79 Å². The first-order valence-corrected chi connectivity index (χ1v) is 8.83. The van der Waals surface area contributed by atoms with Crippen molar-refractivity contribution in [1.29, 1.82) is 0 Å². The first-order chi connectivity index (χ1) is 12.4. The number of benzene rings is 2. The van der Waals surface area contributed by atoms with E-state index >= 15 is 0 Å². The van der Waals surface area contributed by atoms with Gasteiger partial charge in [0, 0.05) is 10.6 Å². The zero-order valence-electron chi connectivity index (χ0n) is 15.1. The van der Waals surface area contributed by atoms with E-state index in [1.165, 1.54) is 0 Å². The highest BCUT2D eigenvalue weighted by molar-refractivity contribution is 6.31. The largest absolute Gasteiger partial charge is 0.491 e. The number of rotatable bonds is 7. The summed E-state index contributed by atoms with van der Waals surface area (Å²) in [7, 11) is 0. The van der Waals surface area contributed by atoms with E-state index in [1.807, 2.05) is 39.0 Å². The Morgan fingerprint density at radius 1 is 1.04 bits per heavy atom. The van der Waals surface area contributed by atoms with Crippen molar-refractivity contribution in [3.05, 3.63) is 64.7 Å². The summed E-state index contributed by atoms with van der Waals surface area (Å²) in [6, 6.07) is 13.9. The molecule has 1 atom stereocenters. The Morgan fingerprint density at radius 2 is 1.69 bits per heavy atom. The predicted molar refractivity (Wildman–Crippen MR) is 103 cm³/mol. The summed E-state index contributed by atoms with van der Waals surface area (Å²) in [4.78, 5) is 24.2. The van der Waals surface area contributed by atoms with Crippen molar-refractivity contribution in [2.75, 3.05) is 6.54 Å². The van der Waals surface area contributed by atoms with Crippen LogP contribution in [0.3, 0.4) is 0 Å². The fraction of sp³-hybridized carbons (Fsp3) is 0.300. The monoisotopic (exact) mass is 374 g/mol. The summed E-state index contributed by atoms with van der Waals surface area (Å²) < 4.78 is 5.54. The Kier molecular flexibility index (Phi) is 7.04. The summed E-state index contributed by atoms with van der Waals surface area (Å²) in [5.41, 5.74) is 1.29. The van der Waals surface area contributed by atoms with Crippen molar-refractivity contribution in [3.8, 4) is 5.75 Å². The van der Waals surface area contributed by atoms with E-state index in [4.69, 9.17) is 16.3 Å². The highest BCUT2D eigenvalue weighted by Gasteiger charge is 2.13. The maximum atomic E-state index is 12.1. The molecule has 2 amide bonds. The number of nitrogens with one attached hydrogen (secondary N) is 2. The van der Waals surface area contributed by atoms with E-state index < -0.39 is 0 Å². The second kappa shape index (κ2) is 9.25. The van der Waals surface area contributed by atoms with E-state index in [1.54, 1.807) is 30.3 Å². The molecular formula is C20H23ClN2O3. The normalized spacial score (nSPS) is 11.7. The molecule has 0 saturated heterocycles. The average Bonchev–Trinajstić information content (AvgIpc) is 2.60. The van der Waals surface area contributed by atoms with E-state index in [2.05, 4.69) is 10.6 Å². The topological polar surface area (TPSA) is 67.4 Å². The zero-order chi connectivity index (χ0) is 19.1. The van der Waals surface area contributed by atoms with Gasteiger partial charge in [-0.2, -0.15) is 0 Å². The second-order valence-corrected chi connectivity index (χ2v) is 6.59. The van der Waals surface area contributed by atoms with Gasteiger partial charge in [0.2, 0.25) is 5.91 Å². The Labute approximate surface area is 158 Å². The fourth-order valence-electron chi connectivity index (χ4n) is 2.42. The van der Waals surface area contributed by atoms with Crippen molar-refractivity contribution in [3.63, 3.8) is 0 Å². The van der Waals surface area contributed by atoms with E-state index in [0.29, 0.717) is 16.3 Å². The lowest BCUT2D eigenvalue weighted by Crippen LogP contribution is -2.38. The Bertz CT molecular complexity index is 760. The zero-order valence-corrected chi connectivity index (χ0v) is 15.8. The van der Waals surface area contributed by atoms with Crippen LogP contribution in [0.1, 0.15) is 42.7 Å². The molecule has 6 heteroatoms. The molecule has 0 spiro atoms. The Balaban J connectivity index is 1.85. The van der Waals surface area contributed by atoms with Gasteiger partial charge >= 0.3 is 0 Å². The first kappa shape index (κ1) is 19.8. The lowest BCUT2D eigenvalue weighted by molar-refractivity contribution is -0.120. The molecule has 2 aromatic carbocycles. The molecule has 2 rings (SSSR count). The van der Waals surface area contributed by atoms with Gasteiger partial charge in [-0.1, -0.05) is 29.8 Å². The number of amides is 2. The minimum absolute atomic E-state index is 0.0680. The summed E-state index contributed by atoms with van der Waals surface area (Å²) in [5, 5.41) is 6.01. The van der Waals surface area contributed by atoms with Crippen molar-refractivity contribution >= 4 is 23.4 Å². The van der Waals surface area contributed by atoms with Gasteiger partial charge in [-0.15, -0.1) is 0 Å². The summed E-state index contributed by atoms with van der Waals surface area (Å²) in [5.74, 6) is 0.0926. The van der Waals surface area contributed by atoms with Gasteiger partial charge in [-0.05, 0) is 56.7 Å². The van der Waals surface area contributed by atoms with Crippen molar-refractivity contribution in [2.24, 2.45) is 0 Å². The van der Waals surface area contributed by atoms with Crippen molar-refractivity contribution in [1.82, 2.24) is 10.6 Å². The highest BCUT2D eigenvalue weighted by atomic mass is 35.5. The van der Waals surface area contributed by atoms with Gasteiger partial charge < -0.3 is 15.4 Å². The Morgan fingerprint density at radius 3 is 2.31 bits per heavy atom. The molecule has 0 fully saturated rings. The third-order valence-corrected chi connectivity index (χ3v) is 3.99. The molecule has 2 N–H and O–H groups in total. The highest BCUT2D eigenvalue weighted by Crippen LogP contribution is 2.21. The number of halogens is 1. The molecule has 0 aliphatic rings. The number of ether oxygens (including phenoxy) is 1. The SMILES string of the molecule is CC(C)Oc1ccc(C(=O)NCC(=O)NC(C)c2ccccc2Cl)cc1. The van der Waals surface area contributed by atoms with Crippen molar-refractivity contribution in [2.45, 2.75) is 32.9 Å². The number of hydrogen-bond donors (Lipinski definition) is 2. The molecule has 2 aromatic rings. The van der Waals surface area contributed by atoms with Crippen molar-refractivity contribution < 1.29 is 14.3 Å². The third-order valence-electron chi connectivity index (χ3n) is 3.65. The maximum absolute atomic E-state index is 12.1. The van der Waals surface area contributed by atoms with E-state index in [9.17, 15) is 9.59 Å². The van der Waals surface area contributed by atoms with Crippen LogP contribution in [0.2, 0.25) is 5.02 Å². The lowest BCUT2D eigenvalue weighted by Gasteiger charge is -2.16. The van der Waals surface area contributed by atoms with Gasteiger partial charge in [0.1, 0.15) is 5.75 Å². The molecule has 26 heavy (non-hydrogen) atoms. The maximum Gasteiger partial charge on any atom is 0.251 e. The second-order valence-electron chi connectivity index (χ2n) is 6.18. The van der Waals surface area contributed by atoms with Gasteiger partial charge in [-0.25, -0.2) is 0 Å². The summed E-state index contributed by atoms with van der Waals surface area (Å²) >= 11 is 6.12. The van der Waals surface area contributed by atoms with Crippen LogP contribution >= 0.6 is 11.6 Å². The molecular weight excluding hydrogens is 352 g/mol. The van der Waals surface area contributed by atoms with Crippen LogP contribution in [0.5, 0.6) is 5.75 Å². The molecule has 0 bridgehead atoms. The lowest BCUT2D eigenvalue weighted by atomic mass is 10.1. The number of carbonyl (C=O) groups excluding carboxylic acids is 2. The molecule has 0 radical (unpaired) electrons. The standard InChI is InChI=1S/C20H23ClN2O3/c1-13(2)26-16-10-8-15(9-11-16)20(25)22-12-19(24)23-14(3)17-6-4-5-7-18(17)21/h4-11,13-14H,12H2,1-3H3,(H,22,25)(H,23,24). The van der Waals surface area contributed by atoms with Crippen LogP contribution in [0, 0.1) is 0 Å².